The molecule has 1 aromatic heterocycles. The molecule has 0 aliphatic carbocycles. The SMILES string of the molecule is Cc1c(OCCCN2CCCC3(CCCN(C(=O)OC(C)(C)C)C3)C2)cccc1-c1cccc(-c2nc3c(s2)CN(CCO)CC3)c1C. The Labute approximate surface area is 291 Å². The van der Waals surface area contributed by atoms with E-state index in [0.29, 0.717) is 13.2 Å². The Morgan fingerprint density at radius 2 is 1.67 bits per heavy atom. The topological polar surface area (TPSA) is 78.4 Å². The lowest BCUT2D eigenvalue weighted by Crippen LogP contribution is -2.54. The maximum absolute atomic E-state index is 12.8. The van der Waals surface area contributed by atoms with Gasteiger partial charge in [-0.3, -0.25) is 4.90 Å². The lowest BCUT2D eigenvalue weighted by Gasteiger charge is -2.48. The molecular weight excluding hydrogens is 621 g/mol. The summed E-state index contributed by atoms with van der Waals surface area (Å²) >= 11 is 1.79. The molecule has 8 nitrogen and oxygen atoms in total. The van der Waals surface area contributed by atoms with Crippen molar-refractivity contribution >= 4 is 17.4 Å². The molecular formula is C39H54N4O4S. The van der Waals surface area contributed by atoms with Crippen molar-refractivity contribution < 1.29 is 19.4 Å². The lowest BCUT2D eigenvalue weighted by molar-refractivity contribution is -0.0160. The smallest absolute Gasteiger partial charge is 0.410 e. The van der Waals surface area contributed by atoms with E-state index in [1.54, 1.807) is 11.3 Å². The number of likely N-dealkylation sites (tertiary alicyclic amines) is 2. The predicted molar refractivity (Wildman–Crippen MR) is 194 cm³/mol. The molecule has 0 radical (unpaired) electrons. The molecule has 3 aromatic rings. The fraction of sp³-hybridized carbons (Fsp3) is 0.590. The Balaban J connectivity index is 1.06. The van der Waals surface area contributed by atoms with Gasteiger partial charge >= 0.3 is 6.09 Å². The maximum atomic E-state index is 12.8. The monoisotopic (exact) mass is 674 g/mol. The van der Waals surface area contributed by atoms with Crippen LogP contribution in [0, 0.1) is 19.3 Å². The Morgan fingerprint density at radius 1 is 0.938 bits per heavy atom. The molecule has 3 aliphatic heterocycles. The third kappa shape index (κ3) is 8.07. The summed E-state index contributed by atoms with van der Waals surface area (Å²) in [6, 6.07) is 12.9. The summed E-state index contributed by atoms with van der Waals surface area (Å²) in [5.74, 6) is 0.946. The average molecular weight is 675 g/mol. The van der Waals surface area contributed by atoms with Crippen molar-refractivity contribution in [3.63, 3.8) is 0 Å². The third-order valence-electron chi connectivity index (χ3n) is 10.3. The van der Waals surface area contributed by atoms with Gasteiger partial charge in [-0.05, 0) is 102 Å². The average Bonchev–Trinajstić information content (AvgIpc) is 3.47. The number of β-amino-alcohol motifs (C(OH)–C–C–N with tert-alkyl or cyclic N) is 1. The molecule has 6 rings (SSSR count). The Morgan fingerprint density at radius 3 is 2.44 bits per heavy atom. The minimum absolute atomic E-state index is 0.167. The highest BCUT2D eigenvalue weighted by atomic mass is 32.1. The molecule has 3 aliphatic rings. The van der Waals surface area contributed by atoms with Gasteiger partial charge < -0.3 is 24.4 Å². The fourth-order valence-electron chi connectivity index (χ4n) is 7.91. The second kappa shape index (κ2) is 14.9. The van der Waals surface area contributed by atoms with Gasteiger partial charge in [0.1, 0.15) is 16.4 Å². The zero-order valence-electron chi connectivity index (χ0n) is 29.6. The summed E-state index contributed by atoms with van der Waals surface area (Å²) in [6.07, 6.45) is 6.32. The molecule has 48 heavy (non-hydrogen) atoms. The molecule has 2 fully saturated rings. The highest BCUT2D eigenvalue weighted by Crippen LogP contribution is 2.40. The molecule has 9 heteroatoms. The van der Waals surface area contributed by atoms with Crippen molar-refractivity contribution in [1.82, 2.24) is 19.7 Å². The largest absolute Gasteiger partial charge is 0.493 e. The first-order valence-corrected chi connectivity index (χ1v) is 18.7. The molecule has 2 saturated heterocycles. The molecule has 260 valence electrons. The van der Waals surface area contributed by atoms with Gasteiger partial charge in [0.15, 0.2) is 0 Å². The summed E-state index contributed by atoms with van der Waals surface area (Å²) in [6.45, 7) is 18.4. The van der Waals surface area contributed by atoms with E-state index in [1.165, 1.54) is 52.1 Å². The number of thiazole rings is 1. The van der Waals surface area contributed by atoms with Crippen LogP contribution in [0.1, 0.15) is 74.6 Å². The second-order valence-corrected chi connectivity index (χ2v) is 16.2. The van der Waals surface area contributed by atoms with Crippen molar-refractivity contribution in [2.75, 3.05) is 59.0 Å². The number of nitrogens with zero attached hydrogens (tertiary/aromatic N) is 4. The molecule has 1 amide bonds. The summed E-state index contributed by atoms with van der Waals surface area (Å²) in [7, 11) is 0. The number of carbonyl (C=O) groups is 1. The van der Waals surface area contributed by atoms with Gasteiger partial charge in [-0.15, -0.1) is 11.3 Å². The highest BCUT2D eigenvalue weighted by molar-refractivity contribution is 7.15. The van der Waals surface area contributed by atoms with Crippen LogP contribution in [0.15, 0.2) is 36.4 Å². The molecule has 1 spiro atoms. The molecule has 0 saturated carbocycles. The standard InChI is InChI=1S/C39H54N4O4S/c1-28-30(11-6-13-32(28)36-40-33-15-21-41(22-23-44)25-35(33)48-36)31-12-7-14-34(29(31)2)46-24-10-19-42-18-8-16-39(26-42)17-9-20-43(27-39)37(45)47-38(3,4)5/h6-7,11-14,44H,8-10,15-27H2,1-5H3. The van der Waals surface area contributed by atoms with Crippen LogP contribution in [0.25, 0.3) is 21.7 Å². The fourth-order valence-corrected chi connectivity index (χ4v) is 9.15. The van der Waals surface area contributed by atoms with E-state index in [-0.39, 0.29) is 18.1 Å². The molecule has 2 aromatic carbocycles. The minimum Gasteiger partial charge on any atom is -0.493 e. The summed E-state index contributed by atoms with van der Waals surface area (Å²) < 4.78 is 12.1. The van der Waals surface area contributed by atoms with Crippen LogP contribution in [0.3, 0.4) is 0 Å². The van der Waals surface area contributed by atoms with Crippen molar-refractivity contribution in [3.05, 3.63) is 58.1 Å². The van der Waals surface area contributed by atoms with E-state index in [0.717, 1.165) is 81.4 Å². The van der Waals surface area contributed by atoms with Gasteiger partial charge in [-0.25, -0.2) is 9.78 Å². The van der Waals surface area contributed by atoms with Crippen LogP contribution in [0.5, 0.6) is 5.75 Å². The van der Waals surface area contributed by atoms with Crippen LogP contribution in [-0.2, 0) is 17.7 Å². The first-order chi connectivity index (χ1) is 23.0. The van der Waals surface area contributed by atoms with Gasteiger partial charge in [0.2, 0.25) is 0 Å². The number of amides is 1. The Hall–Kier alpha value is -2.98. The van der Waals surface area contributed by atoms with Crippen LogP contribution >= 0.6 is 11.3 Å². The summed E-state index contributed by atoms with van der Waals surface area (Å²) in [5.41, 5.74) is 6.93. The van der Waals surface area contributed by atoms with E-state index in [4.69, 9.17) is 14.5 Å². The second-order valence-electron chi connectivity index (χ2n) is 15.1. The Bertz CT molecular complexity index is 1580. The van der Waals surface area contributed by atoms with Crippen LogP contribution in [0.4, 0.5) is 4.79 Å². The summed E-state index contributed by atoms with van der Waals surface area (Å²) in [4.78, 5) is 26.1. The zero-order valence-corrected chi connectivity index (χ0v) is 30.5. The van der Waals surface area contributed by atoms with Crippen molar-refractivity contribution in [2.24, 2.45) is 5.41 Å². The van der Waals surface area contributed by atoms with Gasteiger partial charge in [0, 0.05) is 68.1 Å². The van der Waals surface area contributed by atoms with E-state index in [9.17, 15) is 9.90 Å². The van der Waals surface area contributed by atoms with E-state index in [2.05, 4.69) is 60.0 Å². The first-order valence-electron chi connectivity index (χ1n) is 17.9. The minimum atomic E-state index is -0.465. The number of carbonyl (C=O) groups excluding carboxylic acids is 1. The number of aliphatic hydroxyl groups excluding tert-OH is 1. The van der Waals surface area contributed by atoms with Crippen molar-refractivity contribution in [3.8, 4) is 27.4 Å². The van der Waals surface area contributed by atoms with Crippen molar-refractivity contribution in [2.45, 2.75) is 85.3 Å². The molecule has 0 bridgehead atoms. The number of ether oxygens (including phenoxy) is 2. The van der Waals surface area contributed by atoms with E-state index >= 15 is 0 Å². The van der Waals surface area contributed by atoms with Gasteiger partial charge in [0.25, 0.3) is 0 Å². The van der Waals surface area contributed by atoms with E-state index < -0.39 is 5.60 Å². The lowest BCUT2D eigenvalue weighted by atomic mass is 9.74. The van der Waals surface area contributed by atoms with Gasteiger partial charge in [-0.1, -0.05) is 30.3 Å². The first kappa shape index (κ1) is 34.9. The van der Waals surface area contributed by atoms with E-state index in [1.807, 2.05) is 25.7 Å². The van der Waals surface area contributed by atoms with Crippen molar-refractivity contribution in [1.29, 1.82) is 0 Å². The predicted octanol–water partition coefficient (Wildman–Crippen LogP) is 7.33. The van der Waals surface area contributed by atoms with Crippen LogP contribution in [-0.4, -0.2) is 95.5 Å². The zero-order chi connectivity index (χ0) is 33.9. The number of rotatable bonds is 9. The quantitative estimate of drug-likeness (QED) is 0.238. The Kier molecular flexibility index (Phi) is 10.8. The number of hydrogen-bond acceptors (Lipinski definition) is 8. The number of fused-ring (bicyclic) bond motifs is 1. The van der Waals surface area contributed by atoms with Gasteiger partial charge in [0.05, 0.1) is 18.9 Å². The van der Waals surface area contributed by atoms with Crippen LogP contribution in [0.2, 0.25) is 0 Å². The normalized spacial score (nSPS) is 20.6. The molecule has 4 heterocycles. The van der Waals surface area contributed by atoms with Crippen LogP contribution < -0.4 is 4.74 Å². The number of aliphatic hydroxyl groups is 1. The molecule has 1 atom stereocenters. The molecule has 1 unspecified atom stereocenters. The summed E-state index contributed by atoms with van der Waals surface area (Å²) in [5, 5.41) is 10.5. The maximum Gasteiger partial charge on any atom is 0.410 e. The third-order valence-corrected chi connectivity index (χ3v) is 11.4. The molecule has 1 N–H and O–H groups in total. The van der Waals surface area contributed by atoms with Gasteiger partial charge in [-0.2, -0.15) is 0 Å². The highest BCUT2D eigenvalue weighted by Gasteiger charge is 2.41. The number of aromatic nitrogens is 1. The number of piperidine rings is 2. The number of benzene rings is 2. The number of hydrogen-bond donors (Lipinski definition) is 1.